The van der Waals surface area contributed by atoms with Crippen molar-refractivity contribution in [2.24, 2.45) is 0 Å². The SMILES string of the molecule is CC(=O)Nc1n[nH]c2c1CN(NC(=O)Nc1ccccc1)CC2. The molecule has 3 amide bonds. The molecule has 1 aliphatic heterocycles. The van der Waals surface area contributed by atoms with Crippen molar-refractivity contribution in [3.8, 4) is 0 Å². The van der Waals surface area contributed by atoms with E-state index in [1.165, 1.54) is 6.92 Å². The second kappa shape index (κ2) is 6.49. The number of carbonyl (C=O) groups excluding carboxylic acids is 2. The number of hydrogen-bond donors (Lipinski definition) is 4. The summed E-state index contributed by atoms with van der Waals surface area (Å²) in [5.41, 5.74) is 5.41. The monoisotopic (exact) mass is 314 g/mol. The molecular formula is C15H18N6O2. The maximum absolute atomic E-state index is 12.0. The number of nitrogens with one attached hydrogen (secondary N) is 4. The van der Waals surface area contributed by atoms with Crippen molar-refractivity contribution in [2.45, 2.75) is 19.9 Å². The predicted octanol–water partition coefficient (Wildman–Crippen LogP) is 1.46. The number of hydrogen-bond acceptors (Lipinski definition) is 4. The van der Waals surface area contributed by atoms with Gasteiger partial charge in [-0.2, -0.15) is 5.10 Å². The second-order valence-electron chi connectivity index (χ2n) is 5.31. The molecular weight excluding hydrogens is 296 g/mol. The Balaban J connectivity index is 1.61. The van der Waals surface area contributed by atoms with E-state index in [2.05, 4.69) is 26.3 Å². The number of para-hydroxylation sites is 1. The van der Waals surface area contributed by atoms with Gasteiger partial charge in [0.05, 0.1) is 0 Å². The summed E-state index contributed by atoms with van der Waals surface area (Å²) in [4.78, 5) is 23.2. The van der Waals surface area contributed by atoms with E-state index in [-0.39, 0.29) is 11.9 Å². The first kappa shape index (κ1) is 15.0. The molecule has 3 rings (SSSR count). The summed E-state index contributed by atoms with van der Waals surface area (Å²) in [6, 6.07) is 8.93. The summed E-state index contributed by atoms with van der Waals surface area (Å²) in [6.45, 7) is 2.58. The Kier molecular flexibility index (Phi) is 4.24. The first-order chi connectivity index (χ1) is 11.1. The average molecular weight is 314 g/mol. The summed E-state index contributed by atoms with van der Waals surface area (Å²) in [5.74, 6) is 0.341. The minimum Gasteiger partial charge on any atom is -0.309 e. The van der Waals surface area contributed by atoms with Gasteiger partial charge in [0.1, 0.15) is 0 Å². The predicted molar refractivity (Wildman–Crippen MR) is 85.6 cm³/mol. The van der Waals surface area contributed by atoms with Crippen molar-refractivity contribution in [1.29, 1.82) is 0 Å². The van der Waals surface area contributed by atoms with Crippen LogP contribution in [0, 0.1) is 0 Å². The Labute approximate surface area is 133 Å². The van der Waals surface area contributed by atoms with Crippen molar-refractivity contribution in [3.63, 3.8) is 0 Å². The number of hydrazine groups is 1. The van der Waals surface area contributed by atoms with E-state index < -0.39 is 0 Å². The fourth-order valence-corrected chi connectivity index (χ4v) is 2.48. The molecule has 0 saturated heterocycles. The number of urea groups is 1. The second-order valence-corrected chi connectivity index (χ2v) is 5.31. The van der Waals surface area contributed by atoms with E-state index in [0.717, 1.165) is 16.9 Å². The molecule has 0 radical (unpaired) electrons. The van der Waals surface area contributed by atoms with Crippen molar-refractivity contribution in [2.75, 3.05) is 17.2 Å². The maximum Gasteiger partial charge on any atom is 0.333 e. The zero-order chi connectivity index (χ0) is 16.2. The molecule has 8 heteroatoms. The van der Waals surface area contributed by atoms with Gasteiger partial charge >= 0.3 is 6.03 Å². The molecule has 2 heterocycles. The smallest absolute Gasteiger partial charge is 0.309 e. The average Bonchev–Trinajstić information content (AvgIpc) is 2.90. The third-order valence-corrected chi connectivity index (χ3v) is 3.52. The van der Waals surface area contributed by atoms with Crippen molar-refractivity contribution >= 4 is 23.4 Å². The first-order valence-electron chi connectivity index (χ1n) is 7.33. The van der Waals surface area contributed by atoms with E-state index in [1.807, 2.05) is 30.3 Å². The molecule has 120 valence electrons. The number of benzene rings is 1. The summed E-state index contributed by atoms with van der Waals surface area (Å²) in [5, 5.41) is 14.3. The van der Waals surface area contributed by atoms with Gasteiger partial charge in [-0.15, -0.1) is 0 Å². The topological polar surface area (TPSA) is 102 Å². The largest absolute Gasteiger partial charge is 0.333 e. The molecule has 23 heavy (non-hydrogen) atoms. The van der Waals surface area contributed by atoms with Crippen LogP contribution in [0.3, 0.4) is 0 Å². The van der Waals surface area contributed by atoms with Crippen LogP contribution in [0.15, 0.2) is 30.3 Å². The van der Waals surface area contributed by atoms with Crippen LogP contribution in [0.2, 0.25) is 0 Å². The lowest BCUT2D eigenvalue weighted by molar-refractivity contribution is -0.114. The van der Waals surface area contributed by atoms with Crippen molar-refractivity contribution in [1.82, 2.24) is 20.6 Å². The number of anilines is 2. The zero-order valence-corrected chi connectivity index (χ0v) is 12.7. The van der Waals surface area contributed by atoms with Crippen LogP contribution in [-0.4, -0.2) is 33.7 Å². The highest BCUT2D eigenvalue weighted by atomic mass is 16.2. The number of amides is 3. The van der Waals surface area contributed by atoms with Gasteiger partial charge in [0.15, 0.2) is 5.82 Å². The summed E-state index contributed by atoms with van der Waals surface area (Å²) in [7, 11) is 0. The summed E-state index contributed by atoms with van der Waals surface area (Å²) < 4.78 is 0. The highest BCUT2D eigenvalue weighted by molar-refractivity contribution is 5.89. The van der Waals surface area contributed by atoms with Gasteiger partial charge < -0.3 is 10.6 Å². The molecule has 0 saturated carbocycles. The van der Waals surface area contributed by atoms with Gasteiger partial charge in [0, 0.05) is 43.4 Å². The number of carbonyl (C=O) groups is 2. The number of fused-ring (bicyclic) bond motifs is 1. The summed E-state index contributed by atoms with van der Waals surface area (Å²) in [6.07, 6.45) is 0.716. The lowest BCUT2D eigenvalue weighted by atomic mass is 10.1. The highest BCUT2D eigenvalue weighted by Gasteiger charge is 2.23. The molecule has 0 spiro atoms. The molecule has 2 aromatic rings. The molecule has 1 aromatic carbocycles. The van der Waals surface area contributed by atoms with E-state index in [4.69, 9.17) is 0 Å². The van der Waals surface area contributed by atoms with E-state index in [0.29, 0.717) is 25.3 Å². The highest BCUT2D eigenvalue weighted by Crippen LogP contribution is 2.22. The zero-order valence-electron chi connectivity index (χ0n) is 12.7. The lowest BCUT2D eigenvalue weighted by Crippen LogP contribution is -2.46. The third kappa shape index (κ3) is 3.67. The maximum atomic E-state index is 12.0. The van der Waals surface area contributed by atoms with Crippen LogP contribution in [0.4, 0.5) is 16.3 Å². The normalized spacial score (nSPS) is 14.0. The minimum atomic E-state index is -0.302. The van der Waals surface area contributed by atoms with Gasteiger partial charge in [-0.05, 0) is 12.1 Å². The molecule has 8 nitrogen and oxygen atoms in total. The molecule has 1 aromatic heterocycles. The molecule has 0 fully saturated rings. The Bertz CT molecular complexity index is 712. The number of aromatic nitrogens is 2. The van der Waals surface area contributed by atoms with E-state index in [9.17, 15) is 9.59 Å². The number of aromatic amines is 1. The Morgan fingerprint density at radius 1 is 1.22 bits per heavy atom. The number of nitrogens with zero attached hydrogens (tertiary/aromatic N) is 2. The van der Waals surface area contributed by atoms with Crippen LogP contribution in [-0.2, 0) is 17.8 Å². The van der Waals surface area contributed by atoms with Crippen molar-refractivity contribution in [3.05, 3.63) is 41.6 Å². The standard InChI is InChI=1S/C15H18N6O2/c1-10(22)16-14-12-9-21(8-7-13(12)18-19-14)20-15(23)17-11-5-3-2-4-6-11/h2-6H,7-9H2,1H3,(H2,17,20,23)(H2,16,18,19,22). The number of H-pyrrole nitrogens is 1. The fourth-order valence-electron chi connectivity index (χ4n) is 2.48. The van der Waals surface area contributed by atoms with Gasteiger partial charge in [0.25, 0.3) is 0 Å². The third-order valence-electron chi connectivity index (χ3n) is 3.52. The Morgan fingerprint density at radius 2 is 2.00 bits per heavy atom. The Morgan fingerprint density at radius 3 is 2.74 bits per heavy atom. The Hall–Kier alpha value is -2.87. The minimum absolute atomic E-state index is 0.175. The molecule has 1 aliphatic rings. The quantitative estimate of drug-likeness (QED) is 0.689. The van der Waals surface area contributed by atoms with Gasteiger partial charge in [-0.1, -0.05) is 18.2 Å². The van der Waals surface area contributed by atoms with E-state index >= 15 is 0 Å². The van der Waals surface area contributed by atoms with Crippen LogP contribution < -0.4 is 16.1 Å². The van der Waals surface area contributed by atoms with Crippen molar-refractivity contribution < 1.29 is 9.59 Å². The van der Waals surface area contributed by atoms with Crippen LogP contribution >= 0.6 is 0 Å². The lowest BCUT2D eigenvalue weighted by Gasteiger charge is -2.27. The van der Waals surface area contributed by atoms with Crippen LogP contribution in [0.25, 0.3) is 0 Å². The summed E-state index contributed by atoms with van der Waals surface area (Å²) >= 11 is 0. The van der Waals surface area contributed by atoms with E-state index in [1.54, 1.807) is 5.01 Å². The van der Waals surface area contributed by atoms with Gasteiger partial charge in [-0.3, -0.25) is 15.3 Å². The van der Waals surface area contributed by atoms with Crippen LogP contribution in [0.1, 0.15) is 18.2 Å². The molecule has 0 aliphatic carbocycles. The molecule has 4 N–H and O–H groups in total. The van der Waals surface area contributed by atoms with Gasteiger partial charge in [0.2, 0.25) is 5.91 Å². The fraction of sp³-hybridized carbons (Fsp3) is 0.267. The number of rotatable bonds is 3. The molecule has 0 atom stereocenters. The van der Waals surface area contributed by atoms with Gasteiger partial charge in [-0.25, -0.2) is 9.80 Å². The first-order valence-corrected chi connectivity index (χ1v) is 7.33. The molecule has 0 bridgehead atoms. The van der Waals surface area contributed by atoms with Crippen LogP contribution in [0.5, 0.6) is 0 Å². The molecule has 0 unspecified atom stereocenters.